The molecule has 0 aliphatic carbocycles. The zero-order chi connectivity index (χ0) is 11.7. The highest BCUT2D eigenvalue weighted by molar-refractivity contribution is 5.76. The molecule has 0 aromatic carbocycles. The monoisotopic (exact) mass is 210 g/mol. The number of hydrogen-bond donors (Lipinski definition) is 1. The lowest BCUT2D eigenvalue weighted by Crippen LogP contribution is -2.35. The third-order valence-corrected chi connectivity index (χ3v) is 2.46. The lowest BCUT2D eigenvalue weighted by molar-refractivity contribution is -0.130. The van der Waals surface area contributed by atoms with Crippen molar-refractivity contribution in [2.24, 2.45) is 0 Å². The Morgan fingerprint density at radius 1 is 1.40 bits per heavy atom. The van der Waals surface area contributed by atoms with E-state index in [9.17, 15) is 4.79 Å². The molecule has 0 aromatic rings. The summed E-state index contributed by atoms with van der Waals surface area (Å²) in [6.45, 7) is 8.24. The molecule has 0 aromatic heterocycles. The summed E-state index contributed by atoms with van der Waals surface area (Å²) in [7, 11) is 0. The number of rotatable bonds is 7. The second-order valence-corrected chi connectivity index (χ2v) is 3.40. The van der Waals surface area contributed by atoms with Crippen LogP contribution in [0.15, 0.2) is 0 Å². The smallest absolute Gasteiger partial charge is 0.223 e. The second kappa shape index (κ2) is 8.31. The van der Waals surface area contributed by atoms with Crippen molar-refractivity contribution in [3.05, 3.63) is 0 Å². The summed E-state index contributed by atoms with van der Waals surface area (Å²) in [6.07, 6.45) is 6.73. The largest absolute Gasteiger partial charge is 0.343 e. The molecule has 0 heterocycles. The number of amides is 1. The van der Waals surface area contributed by atoms with E-state index in [2.05, 4.69) is 11.2 Å². The summed E-state index contributed by atoms with van der Waals surface area (Å²) in [5.74, 6) is 2.84. The number of terminal acetylenes is 1. The Morgan fingerprint density at radius 2 is 2.00 bits per heavy atom. The van der Waals surface area contributed by atoms with Gasteiger partial charge >= 0.3 is 0 Å². The average molecular weight is 210 g/mol. The van der Waals surface area contributed by atoms with Crippen LogP contribution >= 0.6 is 0 Å². The van der Waals surface area contributed by atoms with Crippen molar-refractivity contribution in [1.82, 2.24) is 10.2 Å². The van der Waals surface area contributed by atoms with Gasteiger partial charge in [0, 0.05) is 26.1 Å². The van der Waals surface area contributed by atoms with Gasteiger partial charge in [0.15, 0.2) is 0 Å². The van der Waals surface area contributed by atoms with Crippen molar-refractivity contribution < 1.29 is 4.79 Å². The molecule has 15 heavy (non-hydrogen) atoms. The fourth-order valence-corrected chi connectivity index (χ4v) is 1.41. The minimum Gasteiger partial charge on any atom is -0.343 e. The quantitative estimate of drug-likeness (QED) is 0.641. The molecule has 1 amide bonds. The Balaban J connectivity index is 3.76. The van der Waals surface area contributed by atoms with Gasteiger partial charge in [0.05, 0.1) is 6.04 Å². The Hall–Kier alpha value is -1.01. The van der Waals surface area contributed by atoms with Gasteiger partial charge in [-0.15, -0.1) is 6.42 Å². The predicted octanol–water partition coefficient (Wildman–Crippen LogP) is 1.25. The van der Waals surface area contributed by atoms with Gasteiger partial charge in [-0.3, -0.25) is 4.79 Å². The Morgan fingerprint density at radius 3 is 2.40 bits per heavy atom. The SMILES string of the molecule is C#CC(CC)NCCC(=O)N(CC)CC. The minimum atomic E-state index is 0.0921. The van der Waals surface area contributed by atoms with Gasteiger partial charge in [-0.05, 0) is 20.3 Å². The van der Waals surface area contributed by atoms with E-state index in [0.29, 0.717) is 13.0 Å². The minimum absolute atomic E-state index is 0.0921. The van der Waals surface area contributed by atoms with Crippen LogP contribution in [0.5, 0.6) is 0 Å². The van der Waals surface area contributed by atoms with Gasteiger partial charge in [0.2, 0.25) is 5.91 Å². The van der Waals surface area contributed by atoms with E-state index in [1.165, 1.54) is 0 Å². The maximum absolute atomic E-state index is 11.6. The molecule has 0 saturated carbocycles. The molecule has 0 fully saturated rings. The topological polar surface area (TPSA) is 32.3 Å². The molecule has 0 saturated heterocycles. The van der Waals surface area contributed by atoms with Crippen molar-refractivity contribution in [1.29, 1.82) is 0 Å². The molecule has 1 unspecified atom stereocenters. The second-order valence-electron chi connectivity index (χ2n) is 3.40. The summed E-state index contributed by atoms with van der Waals surface area (Å²) < 4.78 is 0. The number of hydrogen-bond acceptors (Lipinski definition) is 2. The first kappa shape index (κ1) is 14.0. The highest BCUT2D eigenvalue weighted by atomic mass is 16.2. The summed E-state index contributed by atoms with van der Waals surface area (Å²) in [6, 6.07) is 0.0921. The normalized spacial score (nSPS) is 11.9. The van der Waals surface area contributed by atoms with Gasteiger partial charge in [-0.1, -0.05) is 12.8 Å². The highest BCUT2D eigenvalue weighted by Gasteiger charge is 2.09. The van der Waals surface area contributed by atoms with E-state index in [1.807, 2.05) is 25.7 Å². The molecular weight excluding hydrogens is 188 g/mol. The van der Waals surface area contributed by atoms with E-state index in [-0.39, 0.29) is 11.9 Å². The van der Waals surface area contributed by atoms with Crippen LogP contribution in [0.3, 0.4) is 0 Å². The van der Waals surface area contributed by atoms with Crippen LogP contribution in [0.1, 0.15) is 33.6 Å². The van der Waals surface area contributed by atoms with Gasteiger partial charge in [0.25, 0.3) is 0 Å². The predicted molar refractivity (Wildman–Crippen MR) is 63.5 cm³/mol. The first-order valence-corrected chi connectivity index (χ1v) is 5.66. The van der Waals surface area contributed by atoms with Crippen molar-refractivity contribution in [3.63, 3.8) is 0 Å². The maximum atomic E-state index is 11.6. The van der Waals surface area contributed by atoms with E-state index in [1.54, 1.807) is 0 Å². The van der Waals surface area contributed by atoms with E-state index >= 15 is 0 Å². The lowest BCUT2D eigenvalue weighted by Gasteiger charge is -2.19. The first-order chi connectivity index (χ1) is 7.19. The molecule has 0 radical (unpaired) electrons. The van der Waals surface area contributed by atoms with Crippen LogP contribution in [0.25, 0.3) is 0 Å². The lowest BCUT2D eigenvalue weighted by atomic mass is 10.2. The number of carbonyl (C=O) groups excluding carboxylic acids is 1. The Labute approximate surface area is 93.2 Å². The zero-order valence-corrected chi connectivity index (χ0v) is 10.0. The highest BCUT2D eigenvalue weighted by Crippen LogP contribution is 1.94. The van der Waals surface area contributed by atoms with Crippen LogP contribution in [-0.2, 0) is 4.79 Å². The van der Waals surface area contributed by atoms with Gasteiger partial charge < -0.3 is 10.2 Å². The number of nitrogens with zero attached hydrogens (tertiary/aromatic N) is 1. The fourth-order valence-electron chi connectivity index (χ4n) is 1.41. The standard InChI is InChI=1S/C12H22N2O/c1-5-11(6-2)13-10-9-12(15)14(7-3)8-4/h1,11,13H,6-10H2,2-4H3. The molecule has 0 rings (SSSR count). The van der Waals surface area contributed by atoms with Crippen LogP contribution in [0.4, 0.5) is 0 Å². The van der Waals surface area contributed by atoms with Crippen LogP contribution in [0, 0.1) is 12.3 Å². The summed E-state index contributed by atoms with van der Waals surface area (Å²) in [4.78, 5) is 13.4. The van der Waals surface area contributed by atoms with Gasteiger partial charge in [-0.25, -0.2) is 0 Å². The van der Waals surface area contributed by atoms with Crippen molar-refractivity contribution in [2.45, 2.75) is 39.7 Å². The van der Waals surface area contributed by atoms with Crippen molar-refractivity contribution in [3.8, 4) is 12.3 Å². The van der Waals surface area contributed by atoms with E-state index in [0.717, 1.165) is 19.5 Å². The van der Waals surface area contributed by atoms with E-state index < -0.39 is 0 Å². The Kier molecular flexibility index (Phi) is 7.75. The van der Waals surface area contributed by atoms with Gasteiger partial charge in [-0.2, -0.15) is 0 Å². The zero-order valence-electron chi connectivity index (χ0n) is 10.0. The van der Waals surface area contributed by atoms with Crippen LogP contribution in [0.2, 0.25) is 0 Å². The molecule has 3 nitrogen and oxygen atoms in total. The molecule has 1 atom stereocenters. The molecule has 1 N–H and O–H groups in total. The molecule has 0 spiro atoms. The van der Waals surface area contributed by atoms with Crippen molar-refractivity contribution in [2.75, 3.05) is 19.6 Å². The summed E-state index contributed by atoms with van der Waals surface area (Å²) in [5.41, 5.74) is 0. The average Bonchev–Trinajstić information content (AvgIpc) is 2.26. The Bertz CT molecular complexity index is 216. The molecule has 0 aliphatic heterocycles. The first-order valence-electron chi connectivity index (χ1n) is 5.66. The summed E-state index contributed by atoms with van der Waals surface area (Å²) >= 11 is 0. The third kappa shape index (κ3) is 5.44. The molecular formula is C12H22N2O. The van der Waals surface area contributed by atoms with Gasteiger partial charge in [0.1, 0.15) is 0 Å². The van der Waals surface area contributed by atoms with Crippen LogP contribution in [-0.4, -0.2) is 36.5 Å². The third-order valence-electron chi connectivity index (χ3n) is 2.46. The van der Waals surface area contributed by atoms with Crippen molar-refractivity contribution >= 4 is 5.91 Å². The maximum Gasteiger partial charge on any atom is 0.223 e. The van der Waals surface area contributed by atoms with E-state index in [4.69, 9.17) is 6.42 Å². The molecule has 3 heteroatoms. The molecule has 86 valence electrons. The number of carbonyl (C=O) groups is 1. The molecule has 0 bridgehead atoms. The number of nitrogens with one attached hydrogen (secondary N) is 1. The van der Waals surface area contributed by atoms with Crippen LogP contribution < -0.4 is 5.32 Å². The fraction of sp³-hybridized carbons (Fsp3) is 0.750. The molecule has 0 aliphatic rings. The summed E-state index contributed by atoms with van der Waals surface area (Å²) in [5, 5.41) is 3.17.